The molecule has 0 aromatic heterocycles. The minimum atomic E-state index is -2.99. The Hall–Kier alpha value is -0.0300. The van der Waals surface area contributed by atoms with Crippen molar-refractivity contribution >= 4 is 77.0 Å². The Morgan fingerprint density at radius 2 is 1.38 bits per heavy atom. The fourth-order valence-corrected chi connectivity index (χ4v) is 3.49. The summed E-state index contributed by atoms with van der Waals surface area (Å²) in [5.41, 5.74) is -2.99. The molecule has 2 heterocycles. The average Bonchev–Trinajstić information content (AvgIpc) is 2.77. The number of ether oxygens (including phenoxy) is 4. The molecule has 0 aliphatic carbocycles. The number of rotatable bonds is 10. The molecule has 17 nitrogen and oxygen atoms in total. The van der Waals surface area contributed by atoms with Crippen molar-refractivity contribution in [2.75, 3.05) is 13.2 Å². The number of carboxylic acid groups (broad SMARTS) is 2. The second kappa shape index (κ2) is 15.7. The Labute approximate surface area is 253 Å². The maximum absolute atomic E-state index is 12.0. The van der Waals surface area contributed by atoms with E-state index in [1.807, 2.05) is 0 Å². The molecule has 0 amide bonds. The van der Waals surface area contributed by atoms with Crippen molar-refractivity contribution in [3.8, 4) is 0 Å². The summed E-state index contributed by atoms with van der Waals surface area (Å²) in [6, 6.07) is 0. The molecule has 1 unspecified atom stereocenters. The second-order valence-corrected chi connectivity index (χ2v) is 8.11. The molecule has 11 atom stereocenters. The summed E-state index contributed by atoms with van der Waals surface area (Å²) in [7, 11) is 0. The molecule has 0 aromatic rings. The van der Waals surface area contributed by atoms with Crippen molar-refractivity contribution in [2.45, 2.75) is 79.9 Å². The fourth-order valence-electron chi connectivity index (χ4n) is 3.49. The fraction of sp³-hybridized carbons (Fsp3) is 0.833. The molecule has 0 bridgehead atoms. The molecule has 10 N–H and O–H groups in total. The van der Waals surface area contributed by atoms with Gasteiger partial charge in [-0.15, -0.1) is 0 Å². The van der Waals surface area contributed by atoms with Gasteiger partial charge in [0, 0.05) is 0 Å². The number of aliphatic hydroxyl groups is 8. The number of hydrogen-bond donors (Lipinski definition) is 10. The Kier molecular flexibility index (Phi) is 15.7. The zero-order valence-electron chi connectivity index (χ0n) is 17.9. The van der Waals surface area contributed by atoms with Gasteiger partial charge in [-0.25, -0.2) is 4.79 Å². The zero-order chi connectivity index (χ0) is 26.7. The molecule has 2 fully saturated rings. The molecule has 0 radical (unpaired) electrons. The van der Waals surface area contributed by atoms with Crippen molar-refractivity contribution in [3.63, 3.8) is 0 Å². The Morgan fingerprint density at radius 1 is 0.784 bits per heavy atom. The van der Waals surface area contributed by atoms with Crippen molar-refractivity contribution in [1.82, 2.24) is 0 Å². The third kappa shape index (κ3) is 9.25. The van der Waals surface area contributed by atoms with Crippen molar-refractivity contribution in [3.05, 3.63) is 0 Å². The van der Waals surface area contributed by atoms with E-state index < -0.39 is 111 Å². The third-order valence-electron chi connectivity index (χ3n) is 5.49. The van der Waals surface area contributed by atoms with Crippen molar-refractivity contribution in [1.29, 1.82) is 0 Å². The standard InChI is InChI=1S/C18H28O17.2Na.2H/c19-3-5-14(11(25)12(26)15(28)33-5)35-16-13(27)10(24)9(23)6(34-16)4-32-8(22)2-18(31,17(29)30)1-7(20)21;;;;/h5-6,9-16,19,23-28,31H,1-4H2,(H,20,21)(H,29,30);;;;/t5-,6-,9+,10+,11-,12-,13-,14-,15+,16+,18?;;;;/m1..../s1. The van der Waals surface area contributed by atoms with Crippen LogP contribution in [-0.2, 0) is 33.3 Å². The molecule has 0 aromatic carbocycles. The van der Waals surface area contributed by atoms with E-state index in [1.54, 1.807) is 0 Å². The van der Waals surface area contributed by atoms with Crippen LogP contribution in [0.5, 0.6) is 0 Å². The quantitative estimate of drug-likeness (QED) is 0.0870. The Balaban J connectivity index is 0.00000648. The van der Waals surface area contributed by atoms with Crippen LogP contribution >= 0.6 is 0 Å². The van der Waals surface area contributed by atoms with E-state index in [2.05, 4.69) is 0 Å². The third-order valence-corrected chi connectivity index (χ3v) is 5.49. The molecular weight excluding hydrogens is 534 g/mol. The van der Waals surface area contributed by atoms with Crippen LogP contribution in [0.15, 0.2) is 0 Å². The van der Waals surface area contributed by atoms with Crippen LogP contribution in [0, 0.1) is 0 Å². The van der Waals surface area contributed by atoms with E-state index in [0.717, 1.165) is 0 Å². The number of aliphatic carboxylic acids is 2. The van der Waals surface area contributed by atoms with Crippen LogP contribution in [0.4, 0.5) is 0 Å². The second-order valence-electron chi connectivity index (χ2n) is 8.11. The SMILES string of the molecule is O=C(O)CC(O)(CC(=O)OC[C@H]1O[C@@H](O[C@H]2[C@H](O)[C@@H](O)[C@@H](O)O[C@@H]2CO)[C@H](O)[C@@H](O)[C@H]1O)C(=O)O.[NaH].[NaH]. The van der Waals surface area contributed by atoms with Gasteiger partial charge in [0.05, 0.1) is 19.4 Å². The summed E-state index contributed by atoms with van der Waals surface area (Å²) in [6.07, 6.45) is -20.5. The van der Waals surface area contributed by atoms with Crippen LogP contribution in [0.1, 0.15) is 12.8 Å². The van der Waals surface area contributed by atoms with Crippen molar-refractivity contribution in [2.24, 2.45) is 0 Å². The number of carbonyl (C=O) groups excluding carboxylic acids is 1. The van der Waals surface area contributed by atoms with Crippen LogP contribution in [-0.4, -0.2) is 208 Å². The molecule has 2 aliphatic rings. The van der Waals surface area contributed by atoms with Gasteiger partial charge in [-0.3, -0.25) is 9.59 Å². The van der Waals surface area contributed by atoms with Crippen LogP contribution in [0.3, 0.4) is 0 Å². The Bertz CT molecular complexity index is 771. The predicted molar refractivity (Wildman–Crippen MR) is 116 cm³/mol. The van der Waals surface area contributed by atoms with Crippen LogP contribution in [0.2, 0.25) is 0 Å². The summed E-state index contributed by atoms with van der Waals surface area (Å²) >= 11 is 0. The minimum absolute atomic E-state index is 0. The molecule has 0 spiro atoms. The molecule has 2 rings (SSSR count). The summed E-state index contributed by atoms with van der Waals surface area (Å²) in [6.45, 7) is -1.70. The molecular formula is C18H30Na2O17. The Morgan fingerprint density at radius 3 is 1.89 bits per heavy atom. The number of carbonyl (C=O) groups is 3. The van der Waals surface area contributed by atoms with Gasteiger partial charge >= 0.3 is 77.0 Å². The van der Waals surface area contributed by atoms with E-state index in [0.29, 0.717) is 0 Å². The van der Waals surface area contributed by atoms with Gasteiger partial charge in [0.15, 0.2) is 18.2 Å². The molecule has 0 saturated carbocycles. The monoisotopic (exact) mass is 564 g/mol. The van der Waals surface area contributed by atoms with Gasteiger partial charge in [-0.1, -0.05) is 0 Å². The molecule has 19 heteroatoms. The molecule has 206 valence electrons. The summed E-state index contributed by atoms with van der Waals surface area (Å²) in [5, 5.41) is 96.9. The predicted octanol–water partition coefficient (Wildman–Crippen LogP) is -7.46. The van der Waals surface area contributed by atoms with Gasteiger partial charge in [0.25, 0.3) is 0 Å². The number of aliphatic hydroxyl groups excluding tert-OH is 7. The number of carboxylic acids is 2. The average molecular weight is 564 g/mol. The van der Waals surface area contributed by atoms with Gasteiger partial charge in [-0.05, 0) is 0 Å². The summed E-state index contributed by atoms with van der Waals surface area (Å²) in [4.78, 5) is 33.9. The topological polar surface area (TPSA) is 290 Å². The van der Waals surface area contributed by atoms with Crippen LogP contribution in [0.25, 0.3) is 0 Å². The van der Waals surface area contributed by atoms with Gasteiger partial charge in [0.2, 0.25) is 0 Å². The summed E-state index contributed by atoms with van der Waals surface area (Å²) < 4.78 is 20.2. The first kappa shape index (κ1) is 37.0. The number of esters is 1. The molecule has 37 heavy (non-hydrogen) atoms. The first-order valence-corrected chi connectivity index (χ1v) is 10.2. The maximum atomic E-state index is 12.0. The van der Waals surface area contributed by atoms with E-state index >= 15 is 0 Å². The first-order chi connectivity index (χ1) is 16.2. The van der Waals surface area contributed by atoms with Crippen LogP contribution < -0.4 is 0 Å². The summed E-state index contributed by atoms with van der Waals surface area (Å²) in [5.74, 6) is -5.12. The van der Waals surface area contributed by atoms with Gasteiger partial charge < -0.3 is 70.0 Å². The van der Waals surface area contributed by atoms with Gasteiger partial charge in [-0.2, -0.15) is 0 Å². The molecule has 2 saturated heterocycles. The molecule has 2 aliphatic heterocycles. The van der Waals surface area contributed by atoms with E-state index in [-0.39, 0.29) is 59.1 Å². The van der Waals surface area contributed by atoms with E-state index in [9.17, 15) is 55.2 Å². The van der Waals surface area contributed by atoms with Crippen molar-refractivity contribution < 1.29 is 84.4 Å². The van der Waals surface area contributed by atoms with E-state index in [4.69, 9.17) is 29.2 Å². The number of hydrogen-bond acceptors (Lipinski definition) is 15. The normalized spacial score (nSPS) is 37.3. The first-order valence-electron chi connectivity index (χ1n) is 10.2. The zero-order valence-corrected chi connectivity index (χ0v) is 17.9. The van der Waals surface area contributed by atoms with E-state index in [1.165, 1.54) is 0 Å². The van der Waals surface area contributed by atoms with Gasteiger partial charge in [0.1, 0.15) is 55.4 Å².